The van der Waals surface area contributed by atoms with Crippen LogP contribution in [0.3, 0.4) is 0 Å². The second-order valence-corrected chi connectivity index (χ2v) is 6.10. The average Bonchev–Trinajstić information content (AvgIpc) is 2.44. The molecule has 0 heterocycles. The molecule has 0 aliphatic heterocycles. The highest BCUT2D eigenvalue weighted by atomic mass is 31.1. The number of nitrogens with two attached hydrogens (primary N) is 1. The van der Waals surface area contributed by atoms with E-state index < -0.39 is 32.0 Å². The number of nitrogens with zero attached hydrogens (tertiary/aromatic N) is 1. The fourth-order valence-electron chi connectivity index (χ4n) is 1.54. The average molecular weight is 323 g/mol. The molecule has 0 amide bonds. The van der Waals surface area contributed by atoms with Gasteiger partial charge in [-0.15, -0.1) is 0 Å². The van der Waals surface area contributed by atoms with Gasteiger partial charge in [-0.05, 0) is 27.7 Å². The Balaban J connectivity index is 4.93. The van der Waals surface area contributed by atoms with Crippen LogP contribution in [0.5, 0.6) is 0 Å². The minimum absolute atomic E-state index is 0.222. The number of hydrazine groups is 1. The lowest BCUT2D eigenvalue weighted by molar-refractivity contribution is -0.151. The summed E-state index contributed by atoms with van der Waals surface area (Å²) in [6.07, 6.45) is 0.233. The molecule has 9 heteroatoms. The number of carbonyl (C=O) groups is 2. The van der Waals surface area contributed by atoms with Crippen molar-refractivity contribution in [3.63, 3.8) is 0 Å². The largest absolute Gasteiger partial charge is 0.465 e. The van der Waals surface area contributed by atoms with E-state index in [0.717, 1.165) is 0 Å². The lowest BCUT2D eigenvalue weighted by Gasteiger charge is -2.29. The zero-order chi connectivity index (χ0) is 16.4. The van der Waals surface area contributed by atoms with Gasteiger partial charge in [0, 0.05) is 12.7 Å². The highest BCUT2D eigenvalue weighted by Gasteiger charge is 2.29. The molecule has 0 aromatic carbocycles. The van der Waals surface area contributed by atoms with Gasteiger partial charge < -0.3 is 19.8 Å². The molecule has 0 rings (SSSR count). The molecule has 0 fully saturated rings. The summed E-state index contributed by atoms with van der Waals surface area (Å²) in [4.78, 5) is 23.4. The van der Waals surface area contributed by atoms with E-state index in [1.165, 1.54) is 4.78 Å². The highest BCUT2D eigenvalue weighted by molar-refractivity contribution is 7.42. The molecule has 0 saturated heterocycles. The first-order valence-electron chi connectivity index (χ1n) is 7.00. The molecular formula is C12H26N3O5P. The number of hydrogen-bond donors (Lipinski definition) is 2. The van der Waals surface area contributed by atoms with Gasteiger partial charge >= 0.3 is 11.9 Å². The summed E-state index contributed by atoms with van der Waals surface area (Å²) in [5, 5.41) is 0. The smallest absolute Gasteiger partial charge is 0.324 e. The van der Waals surface area contributed by atoms with Crippen LogP contribution in [-0.4, -0.2) is 54.7 Å². The molecule has 0 radical (unpaired) electrons. The van der Waals surface area contributed by atoms with Crippen molar-refractivity contribution < 1.29 is 23.6 Å². The molecule has 0 spiro atoms. The van der Waals surface area contributed by atoms with Crippen LogP contribution in [0.4, 0.5) is 0 Å². The molecule has 8 nitrogen and oxygen atoms in total. The highest BCUT2D eigenvalue weighted by Crippen LogP contribution is 2.27. The van der Waals surface area contributed by atoms with Crippen LogP contribution in [-0.2, 0) is 23.6 Å². The van der Waals surface area contributed by atoms with Crippen molar-refractivity contribution in [2.75, 3.05) is 25.9 Å². The molecule has 0 bridgehead atoms. The minimum atomic E-state index is -2.34. The Hall–Kier alpha value is -0.950. The SMILES string of the molecule is CCOC(=O)C(C)NN(C(C)C(=O)OCC)[PH](=O)CCN. The second-order valence-electron chi connectivity index (χ2n) is 4.33. The van der Waals surface area contributed by atoms with Crippen molar-refractivity contribution in [2.45, 2.75) is 39.8 Å². The summed E-state index contributed by atoms with van der Waals surface area (Å²) in [5.41, 5.74) is 8.16. The van der Waals surface area contributed by atoms with Crippen molar-refractivity contribution in [3.05, 3.63) is 0 Å². The van der Waals surface area contributed by atoms with E-state index in [-0.39, 0.29) is 25.9 Å². The molecular weight excluding hydrogens is 297 g/mol. The van der Waals surface area contributed by atoms with Gasteiger partial charge in [-0.2, -0.15) is 4.78 Å². The molecule has 3 unspecified atom stereocenters. The third kappa shape index (κ3) is 7.04. The van der Waals surface area contributed by atoms with Crippen molar-refractivity contribution in [1.82, 2.24) is 10.2 Å². The van der Waals surface area contributed by atoms with Gasteiger partial charge in [-0.25, -0.2) is 5.43 Å². The lowest BCUT2D eigenvalue weighted by atomic mass is 10.3. The molecule has 124 valence electrons. The fourth-order valence-corrected chi connectivity index (χ4v) is 2.90. The zero-order valence-corrected chi connectivity index (χ0v) is 14.0. The Morgan fingerprint density at radius 3 is 2.19 bits per heavy atom. The molecule has 3 N–H and O–H groups in total. The van der Waals surface area contributed by atoms with Crippen molar-refractivity contribution >= 4 is 19.9 Å². The lowest BCUT2D eigenvalue weighted by Crippen LogP contribution is -2.50. The maximum Gasteiger partial charge on any atom is 0.324 e. The normalized spacial score (nSPS) is 15.3. The quantitative estimate of drug-likeness (QED) is 0.331. The van der Waals surface area contributed by atoms with E-state index in [4.69, 9.17) is 15.2 Å². The number of esters is 2. The minimum Gasteiger partial charge on any atom is -0.465 e. The predicted molar refractivity (Wildman–Crippen MR) is 80.1 cm³/mol. The standard InChI is InChI=1S/C12H26N3O5P/c1-5-19-11(16)9(3)14-15(21(18)8-7-13)10(4)12(17)20-6-2/h9-10,14,21H,5-8,13H2,1-4H3. The number of hydrogen-bond acceptors (Lipinski definition) is 7. The molecule has 0 aromatic rings. The van der Waals surface area contributed by atoms with E-state index in [2.05, 4.69) is 5.43 Å². The first-order valence-corrected chi connectivity index (χ1v) is 8.56. The Labute approximate surface area is 126 Å². The van der Waals surface area contributed by atoms with Gasteiger partial charge in [0.05, 0.1) is 13.2 Å². The third-order valence-electron chi connectivity index (χ3n) is 2.61. The van der Waals surface area contributed by atoms with Crippen LogP contribution in [0.2, 0.25) is 0 Å². The maximum atomic E-state index is 12.2. The van der Waals surface area contributed by atoms with Crippen molar-refractivity contribution in [2.24, 2.45) is 5.73 Å². The second kappa shape index (κ2) is 10.7. The first-order chi connectivity index (χ1) is 9.88. The van der Waals surface area contributed by atoms with Gasteiger partial charge in [0.25, 0.3) is 0 Å². The summed E-state index contributed by atoms with van der Waals surface area (Å²) in [7, 11) is -2.34. The van der Waals surface area contributed by atoms with Crippen molar-refractivity contribution in [3.8, 4) is 0 Å². The van der Waals surface area contributed by atoms with Crippen LogP contribution in [0.15, 0.2) is 0 Å². The Morgan fingerprint density at radius 1 is 1.19 bits per heavy atom. The van der Waals surface area contributed by atoms with Gasteiger partial charge in [0.1, 0.15) is 12.1 Å². The van der Waals surface area contributed by atoms with Gasteiger partial charge in [-0.1, -0.05) is 0 Å². The summed E-state index contributed by atoms with van der Waals surface area (Å²) in [6, 6.07) is -1.52. The van der Waals surface area contributed by atoms with Gasteiger partial charge in [-0.3, -0.25) is 9.59 Å². The number of ether oxygens (including phenoxy) is 2. The molecule has 0 aromatic heterocycles. The molecule has 3 atom stereocenters. The fraction of sp³-hybridized carbons (Fsp3) is 0.833. The molecule has 21 heavy (non-hydrogen) atoms. The van der Waals surface area contributed by atoms with Crippen LogP contribution in [0, 0.1) is 0 Å². The first kappa shape index (κ1) is 20.1. The molecule has 0 aliphatic carbocycles. The molecule has 0 aliphatic rings. The third-order valence-corrected chi connectivity index (χ3v) is 4.38. The van der Waals surface area contributed by atoms with Crippen molar-refractivity contribution in [1.29, 1.82) is 0 Å². The number of nitrogens with one attached hydrogen (secondary N) is 1. The summed E-state index contributed by atoms with van der Waals surface area (Å²) in [6.45, 7) is 7.20. The number of carbonyl (C=O) groups excluding carboxylic acids is 2. The number of rotatable bonds is 10. The van der Waals surface area contributed by atoms with Gasteiger partial charge in [0.15, 0.2) is 7.95 Å². The molecule has 0 saturated carbocycles. The van der Waals surface area contributed by atoms with Gasteiger partial charge in [0.2, 0.25) is 0 Å². The summed E-state index contributed by atoms with van der Waals surface area (Å²) >= 11 is 0. The van der Waals surface area contributed by atoms with E-state index >= 15 is 0 Å². The monoisotopic (exact) mass is 323 g/mol. The van der Waals surface area contributed by atoms with E-state index in [0.29, 0.717) is 0 Å². The topological polar surface area (TPSA) is 111 Å². The van der Waals surface area contributed by atoms with E-state index in [1.807, 2.05) is 0 Å². The Bertz CT molecular complexity index is 367. The van der Waals surface area contributed by atoms with Crippen LogP contribution in [0.1, 0.15) is 27.7 Å². The Morgan fingerprint density at radius 2 is 1.71 bits per heavy atom. The predicted octanol–water partition coefficient (Wildman–Crippen LogP) is 0.130. The van der Waals surface area contributed by atoms with Crippen LogP contribution in [0.25, 0.3) is 0 Å². The summed E-state index contributed by atoms with van der Waals surface area (Å²) < 4.78 is 23.3. The van der Waals surface area contributed by atoms with Crippen LogP contribution < -0.4 is 11.2 Å². The maximum absolute atomic E-state index is 12.2. The van der Waals surface area contributed by atoms with E-state index in [1.54, 1.807) is 27.7 Å². The zero-order valence-electron chi connectivity index (χ0n) is 13.0. The Kier molecular flexibility index (Phi) is 10.2. The van der Waals surface area contributed by atoms with E-state index in [9.17, 15) is 14.2 Å². The summed E-state index contributed by atoms with van der Waals surface area (Å²) in [5.74, 6) is -1.00. The van der Waals surface area contributed by atoms with Crippen LogP contribution >= 0.6 is 7.95 Å².